The van der Waals surface area contributed by atoms with Gasteiger partial charge in [0.15, 0.2) is 0 Å². The van der Waals surface area contributed by atoms with E-state index in [9.17, 15) is 19.2 Å². The van der Waals surface area contributed by atoms with Gasteiger partial charge >= 0.3 is 18.2 Å². The van der Waals surface area contributed by atoms with Crippen LogP contribution in [0.15, 0.2) is 24.4 Å². The number of hydrogen-bond acceptors (Lipinski definition) is 10. The Morgan fingerprint density at radius 3 is 2.63 bits per heavy atom. The first-order valence-corrected chi connectivity index (χ1v) is 11.8. The number of rotatable bonds is 8. The quantitative estimate of drug-likeness (QED) is 0.364. The summed E-state index contributed by atoms with van der Waals surface area (Å²) in [6.07, 6.45) is -0.769. The van der Waals surface area contributed by atoms with Gasteiger partial charge in [-0.25, -0.2) is 18.9 Å². The van der Waals surface area contributed by atoms with Crippen LogP contribution in [-0.2, 0) is 43.9 Å². The van der Waals surface area contributed by atoms with Gasteiger partial charge in [0, 0.05) is 32.3 Å². The van der Waals surface area contributed by atoms with Gasteiger partial charge in [-0.05, 0) is 32.3 Å². The second-order valence-corrected chi connectivity index (χ2v) is 9.29. The lowest BCUT2D eigenvalue weighted by atomic mass is 10.2. The van der Waals surface area contributed by atoms with Gasteiger partial charge in [0.25, 0.3) is 0 Å². The summed E-state index contributed by atoms with van der Waals surface area (Å²) in [5, 5.41) is 4.38. The Balaban J connectivity index is 1.34. The highest BCUT2D eigenvalue weighted by atomic mass is 19.1. The number of aryl methyl sites for hydroxylation is 1. The van der Waals surface area contributed by atoms with Crippen LogP contribution in [0.5, 0.6) is 0 Å². The molecule has 0 spiro atoms. The number of esters is 1. The van der Waals surface area contributed by atoms with Crippen LogP contribution >= 0.6 is 0 Å². The Morgan fingerprint density at radius 2 is 1.97 bits per heavy atom. The zero-order chi connectivity index (χ0) is 27.6. The van der Waals surface area contributed by atoms with Crippen molar-refractivity contribution in [3.05, 3.63) is 41.5 Å². The smallest absolute Gasteiger partial charge is 0.419 e. The lowest BCUT2D eigenvalue weighted by molar-refractivity contribution is -0.153. The molecule has 2 aromatic rings. The van der Waals surface area contributed by atoms with Crippen LogP contribution in [0.25, 0.3) is 0 Å². The molecule has 0 bridgehead atoms. The summed E-state index contributed by atoms with van der Waals surface area (Å²) < 4.78 is 31.7. The maximum Gasteiger partial charge on any atom is 0.419 e. The number of carbonyl (C=O) groups is 4. The molecular weight excluding hydrogens is 503 g/mol. The number of anilines is 2. The molecule has 1 fully saturated rings. The van der Waals surface area contributed by atoms with E-state index in [1.165, 1.54) is 11.0 Å². The van der Waals surface area contributed by atoms with Crippen molar-refractivity contribution in [2.45, 2.75) is 26.1 Å². The molecule has 0 aliphatic carbocycles. The Kier molecular flexibility index (Phi) is 7.80. The highest BCUT2D eigenvalue weighted by Gasteiger charge is 2.36. The molecular formula is C24H29FN6O7. The lowest BCUT2D eigenvalue weighted by Crippen LogP contribution is -2.42. The van der Waals surface area contributed by atoms with E-state index >= 15 is 4.39 Å². The Labute approximate surface area is 218 Å². The Hall–Kier alpha value is -4.20. The number of fused-ring (bicyclic) bond motifs is 1. The molecule has 1 aromatic carbocycles. The van der Waals surface area contributed by atoms with Gasteiger partial charge < -0.3 is 19.1 Å². The van der Waals surface area contributed by atoms with Crippen LogP contribution in [0, 0.1) is 5.82 Å². The van der Waals surface area contributed by atoms with E-state index in [1.807, 2.05) is 18.1 Å². The van der Waals surface area contributed by atoms with Crippen molar-refractivity contribution in [2.24, 2.45) is 7.05 Å². The molecule has 2 aliphatic rings. The molecule has 1 atom stereocenters. The van der Waals surface area contributed by atoms with Gasteiger partial charge in [-0.2, -0.15) is 5.10 Å². The number of halogens is 1. The van der Waals surface area contributed by atoms with Crippen molar-refractivity contribution in [3.63, 3.8) is 0 Å². The highest BCUT2D eigenvalue weighted by molar-refractivity contribution is 5.92. The van der Waals surface area contributed by atoms with Crippen LogP contribution in [0.4, 0.5) is 25.4 Å². The van der Waals surface area contributed by atoms with Crippen molar-refractivity contribution in [3.8, 4) is 0 Å². The summed E-state index contributed by atoms with van der Waals surface area (Å²) in [4.78, 5) is 53.9. The summed E-state index contributed by atoms with van der Waals surface area (Å²) in [7, 11) is 5.18. The summed E-state index contributed by atoms with van der Waals surface area (Å²) >= 11 is 0. The van der Waals surface area contributed by atoms with Crippen molar-refractivity contribution in [1.29, 1.82) is 0 Å². The van der Waals surface area contributed by atoms with Gasteiger partial charge in [0.2, 0.25) is 12.7 Å². The largest absolute Gasteiger partial charge is 0.442 e. The monoisotopic (exact) mass is 532 g/mol. The van der Waals surface area contributed by atoms with Gasteiger partial charge in [-0.3, -0.25) is 24.1 Å². The van der Waals surface area contributed by atoms with E-state index in [4.69, 9.17) is 14.2 Å². The van der Waals surface area contributed by atoms with Crippen molar-refractivity contribution in [1.82, 2.24) is 19.6 Å². The van der Waals surface area contributed by atoms with Crippen molar-refractivity contribution in [2.75, 3.05) is 50.3 Å². The molecule has 3 heterocycles. The minimum Gasteiger partial charge on any atom is -0.442 e. The van der Waals surface area contributed by atoms with Gasteiger partial charge in [-0.15, -0.1) is 0 Å². The number of aromatic nitrogens is 2. The number of hydrogen-bond donors (Lipinski definition) is 0. The van der Waals surface area contributed by atoms with E-state index in [2.05, 4.69) is 5.10 Å². The summed E-state index contributed by atoms with van der Waals surface area (Å²) in [6.45, 7) is 1.16. The van der Waals surface area contributed by atoms with Crippen LogP contribution < -0.4 is 9.80 Å². The summed E-state index contributed by atoms with van der Waals surface area (Å²) in [5.74, 6) is -1.77. The van der Waals surface area contributed by atoms with Crippen LogP contribution in [0.1, 0.15) is 18.2 Å². The molecule has 4 rings (SSSR count). The third kappa shape index (κ3) is 6.02. The maximum atomic E-state index is 15.1. The van der Waals surface area contributed by atoms with E-state index in [-0.39, 0.29) is 25.3 Å². The van der Waals surface area contributed by atoms with Crippen molar-refractivity contribution < 1.29 is 37.8 Å². The first-order chi connectivity index (χ1) is 18.0. The lowest BCUT2D eigenvalue weighted by Gasteiger charge is -2.22. The molecule has 1 aromatic heterocycles. The number of ether oxygens (including phenoxy) is 3. The number of likely N-dealkylation sites (N-methyl/N-ethyl adjacent to an activating group) is 1. The molecule has 13 nitrogen and oxygen atoms in total. The predicted molar refractivity (Wildman–Crippen MR) is 130 cm³/mol. The zero-order valence-corrected chi connectivity index (χ0v) is 21.5. The van der Waals surface area contributed by atoms with Gasteiger partial charge in [0.1, 0.15) is 11.9 Å². The van der Waals surface area contributed by atoms with Crippen molar-refractivity contribution >= 4 is 35.4 Å². The number of imide groups is 1. The Bertz CT molecular complexity index is 1230. The molecule has 1 saturated heterocycles. The fraction of sp³-hybridized carbons (Fsp3) is 0.458. The molecule has 2 aliphatic heterocycles. The number of carbonyl (C=O) groups excluding carboxylic acids is 4. The van der Waals surface area contributed by atoms with Crippen LogP contribution in [-0.4, -0.2) is 90.3 Å². The SMILES string of the molecule is CC(=O)N(C[C@H]1CN(c2ccc(N3Cc4cn(C)nc4C3)c(F)c2)C(=O)O1)C(=O)OCOC(=O)CN(C)C. The second-order valence-electron chi connectivity index (χ2n) is 9.29. The molecule has 204 valence electrons. The van der Waals surface area contributed by atoms with E-state index in [1.54, 1.807) is 35.8 Å². The van der Waals surface area contributed by atoms with Gasteiger partial charge in [-0.1, -0.05) is 0 Å². The van der Waals surface area contributed by atoms with Crippen LogP contribution in [0.2, 0.25) is 0 Å². The number of cyclic esters (lactones) is 1. The molecule has 38 heavy (non-hydrogen) atoms. The zero-order valence-electron chi connectivity index (χ0n) is 21.5. The average Bonchev–Trinajstić information content (AvgIpc) is 3.48. The van der Waals surface area contributed by atoms with Gasteiger partial charge in [0.05, 0.1) is 43.2 Å². The number of benzene rings is 1. The number of amides is 3. The normalized spacial score (nSPS) is 16.5. The fourth-order valence-corrected chi connectivity index (χ4v) is 4.27. The first kappa shape index (κ1) is 26.9. The standard InChI is InChI=1S/C24H29FN6O7/c1-15(32)30(23(34)37-14-36-22(33)13-27(2)3)10-18-11-31(24(35)38-18)17-5-6-21(19(25)7-17)29-9-16-8-28(4)26-20(16)12-29/h5-8,18H,9-14H2,1-4H3/t18-/m0/s1. The topological polar surface area (TPSA) is 127 Å². The third-order valence-electron chi connectivity index (χ3n) is 5.99. The molecule has 14 heteroatoms. The average molecular weight is 533 g/mol. The minimum atomic E-state index is -1.05. The Morgan fingerprint density at radius 1 is 1.21 bits per heavy atom. The van der Waals surface area contributed by atoms with Crippen LogP contribution in [0.3, 0.4) is 0 Å². The summed E-state index contributed by atoms with van der Waals surface area (Å²) in [5.41, 5.74) is 2.58. The minimum absolute atomic E-state index is 0.00753. The number of nitrogens with zero attached hydrogens (tertiary/aromatic N) is 6. The first-order valence-electron chi connectivity index (χ1n) is 11.8. The summed E-state index contributed by atoms with van der Waals surface area (Å²) in [6, 6.07) is 4.44. The predicted octanol–water partition coefficient (Wildman–Crippen LogP) is 1.45. The van der Waals surface area contributed by atoms with E-state index < -0.39 is 42.8 Å². The second kappa shape index (κ2) is 11.0. The molecule has 0 unspecified atom stereocenters. The maximum absolute atomic E-state index is 15.1. The molecule has 0 N–H and O–H groups in total. The van der Waals surface area contributed by atoms with E-state index in [0.29, 0.717) is 18.8 Å². The third-order valence-corrected chi connectivity index (χ3v) is 5.99. The fourth-order valence-electron chi connectivity index (χ4n) is 4.27. The highest BCUT2D eigenvalue weighted by Crippen LogP contribution is 2.32. The molecule has 0 radical (unpaired) electrons. The van der Waals surface area contributed by atoms with E-state index in [0.717, 1.165) is 23.1 Å². The molecule has 3 amide bonds. The molecule has 0 saturated carbocycles.